The number of nitrogens with zero attached hydrogens (tertiary/aromatic N) is 1. The van der Waals surface area contributed by atoms with E-state index in [-0.39, 0.29) is 11.2 Å². The van der Waals surface area contributed by atoms with Crippen LogP contribution in [0.25, 0.3) is 21.8 Å². The summed E-state index contributed by atoms with van der Waals surface area (Å²) in [5, 5.41) is 2.75. The van der Waals surface area contributed by atoms with E-state index in [1.807, 2.05) is 25.1 Å². The van der Waals surface area contributed by atoms with E-state index in [1.54, 1.807) is 0 Å². The van der Waals surface area contributed by atoms with Crippen LogP contribution in [0.5, 0.6) is 0 Å². The van der Waals surface area contributed by atoms with E-state index in [0.29, 0.717) is 11.4 Å². The van der Waals surface area contributed by atoms with Gasteiger partial charge in [-0.25, -0.2) is 0 Å². The Bertz CT molecular complexity index is 953. The van der Waals surface area contributed by atoms with Gasteiger partial charge in [0, 0.05) is 33.3 Å². The molecular weight excluding hydrogens is 296 g/mol. The number of carbonyl (C=O) groups excluding carboxylic acids is 1. The molecule has 0 saturated carbocycles. The maximum Gasteiger partial charge on any atom is 0.165 e. The van der Waals surface area contributed by atoms with Crippen LogP contribution < -0.4 is 0 Å². The number of hydrogen-bond acceptors (Lipinski definition) is 2. The molecule has 3 nitrogen and oxygen atoms in total. The number of halogens is 1. The fourth-order valence-electron chi connectivity index (χ4n) is 3.63. The van der Waals surface area contributed by atoms with Crippen LogP contribution in [0.2, 0.25) is 5.02 Å². The Labute approximate surface area is 133 Å². The molecule has 112 valence electrons. The van der Waals surface area contributed by atoms with Crippen molar-refractivity contribution in [2.24, 2.45) is 5.41 Å². The maximum atomic E-state index is 12.8. The number of pyridine rings is 1. The molecular formula is C18H17ClN2O. The number of hydrogen-bond donors (Lipinski definition) is 1. The van der Waals surface area contributed by atoms with Crippen LogP contribution in [-0.2, 0) is 6.42 Å². The number of rotatable bonds is 0. The molecule has 2 heterocycles. The Morgan fingerprint density at radius 2 is 2.05 bits per heavy atom. The number of nitrogens with one attached hydrogen (secondary N) is 1. The van der Waals surface area contributed by atoms with E-state index in [0.717, 1.165) is 45.2 Å². The number of benzene rings is 1. The van der Waals surface area contributed by atoms with Crippen LogP contribution in [0, 0.1) is 12.3 Å². The van der Waals surface area contributed by atoms with E-state index in [2.05, 4.69) is 18.8 Å². The van der Waals surface area contributed by atoms with Crippen molar-refractivity contribution in [2.45, 2.75) is 33.6 Å². The quantitative estimate of drug-likeness (QED) is 0.646. The Morgan fingerprint density at radius 3 is 2.82 bits per heavy atom. The van der Waals surface area contributed by atoms with Gasteiger partial charge in [-0.3, -0.25) is 9.78 Å². The zero-order valence-corrected chi connectivity index (χ0v) is 13.6. The van der Waals surface area contributed by atoms with Crippen LogP contribution >= 0.6 is 11.6 Å². The Balaban J connectivity index is 2.16. The third kappa shape index (κ3) is 1.88. The molecule has 1 aliphatic carbocycles. The minimum atomic E-state index is -0.0212. The van der Waals surface area contributed by atoms with Crippen LogP contribution in [0.1, 0.15) is 42.0 Å². The van der Waals surface area contributed by atoms with Crippen molar-refractivity contribution >= 4 is 39.2 Å². The van der Waals surface area contributed by atoms with Crippen molar-refractivity contribution in [1.29, 1.82) is 0 Å². The third-order valence-electron chi connectivity index (χ3n) is 4.53. The van der Waals surface area contributed by atoms with Crippen molar-refractivity contribution in [3.05, 3.63) is 40.2 Å². The number of aryl methyl sites for hydroxylation is 1. The topological polar surface area (TPSA) is 45.8 Å². The molecule has 1 aromatic carbocycles. The lowest BCUT2D eigenvalue weighted by molar-refractivity contribution is 0.0912. The highest BCUT2D eigenvalue weighted by molar-refractivity contribution is 6.32. The fraction of sp³-hybridized carbons (Fsp3) is 0.333. The van der Waals surface area contributed by atoms with Crippen LogP contribution in [0.3, 0.4) is 0 Å². The van der Waals surface area contributed by atoms with Crippen molar-refractivity contribution in [3.8, 4) is 0 Å². The molecule has 3 aromatic rings. The number of aromatic nitrogens is 2. The number of fused-ring (bicyclic) bond motifs is 5. The number of aromatic amines is 1. The van der Waals surface area contributed by atoms with E-state index in [9.17, 15) is 4.79 Å². The second-order valence-electron chi connectivity index (χ2n) is 7.02. The molecule has 0 radical (unpaired) electrons. The molecule has 0 bridgehead atoms. The first-order chi connectivity index (χ1) is 10.4. The van der Waals surface area contributed by atoms with Crippen molar-refractivity contribution < 1.29 is 4.79 Å². The fourth-order valence-corrected chi connectivity index (χ4v) is 3.80. The predicted octanol–water partition coefficient (Wildman–Crippen LogP) is 4.83. The summed E-state index contributed by atoms with van der Waals surface area (Å²) in [6, 6.07) is 5.76. The van der Waals surface area contributed by atoms with Gasteiger partial charge in [-0.1, -0.05) is 31.5 Å². The molecule has 0 unspecified atom stereocenters. The highest BCUT2D eigenvalue weighted by Gasteiger charge is 2.34. The monoisotopic (exact) mass is 312 g/mol. The molecule has 2 aromatic heterocycles. The zero-order chi connectivity index (χ0) is 15.6. The summed E-state index contributed by atoms with van der Waals surface area (Å²) in [7, 11) is 0. The van der Waals surface area contributed by atoms with Gasteiger partial charge >= 0.3 is 0 Å². The maximum absolute atomic E-state index is 12.8. The summed E-state index contributed by atoms with van der Waals surface area (Å²) in [5.74, 6) is 0.194. The lowest BCUT2D eigenvalue weighted by Crippen LogP contribution is -2.28. The van der Waals surface area contributed by atoms with Crippen molar-refractivity contribution in [3.63, 3.8) is 0 Å². The molecule has 0 atom stereocenters. The molecule has 0 spiro atoms. The van der Waals surface area contributed by atoms with E-state index < -0.39 is 0 Å². The van der Waals surface area contributed by atoms with Gasteiger partial charge in [-0.2, -0.15) is 0 Å². The average Bonchev–Trinajstić information content (AvgIpc) is 2.75. The van der Waals surface area contributed by atoms with E-state index >= 15 is 0 Å². The number of H-pyrrole nitrogens is 1. The highest BCUT2D eigenvalue weighted by Crippen LogP contribution is 2.40. The number of Topliss-reactive ketones (excluding diaryl/α,β-unsaturated/α-hetero) is 1. The van der Waals surface area contributed by atoms with Gasteiger partial charge in [0.05, 0.1) is 16.9 Å². The summed E-state index contributed by atoms with van der Waals surface area (Å²) < 4.78 is 0. The molecule has 4 rings (SSSR count). The lowest BCUT2D eigenvalue weighted by Gasteiger charge is -2.30. The van der Waals surface area contributed by atoms with Crippen LogP contribution in [-0.4, -0.2) is 15.8 Å². The van der Waals surface area contributed by atoms with Crippen molar-refractivity contribution in [1.82, 2.24) is 9.97 Å². The van der Waals surface area contributed by atoms with Gasteiger partial charge in [-0.05, 0) is 30.9 Å². The van der Waals surface area contributed by atoms with Gasteiger partial charge in [0.1, 0.15) is 0 Å². The van der Waals surface area contributed by atoms with Gasteiger partial charge in [0.25, 0.3) is 0 Å². The van der Waals surface area contributed by atoms with Gasteiger partial charge in [0.15, 0.2) is 5.78 Å². The summed E-state index contributed by atoms with van der Waals surface area (Å²) in [6.07, 6.45) is 1.41. The van der Waals surface area contributed by atoms with Gasteiger partial charge in [-0.15, -0.1) is 0 Å². The van der Waals surface area contributed by atoms with E-state index in [4.69, 9.17) is 16.6 Å². The Morgan fingerprint density at radius 1 is 1.27 bits per heavy atom. The first-order valence-corrected chi connectivity index (χ1v) is 7.87. The molecule has 4 heteroatoms. The second-order valence-corrected chi connectivity index (χ2v) is 7.46. The highest BCUT2D eigenvalue weighted by atomic mass is 35.5. The number of carbonyl (C=O) groups is 1. The summed E-state index contributed by atoms with van der Waals surface area (Å²) in [5.41, 5.74) is 4.55. The minimum absolute atomic E-state index is 0.0212. The van der Waals surface area contributed by atoms with Gasteiger partial charge < -0.3 is 4.98 Å². The summed E-state index contributed by atoms with van der Waals surface area (Å²) in [4.78, 5) is 20.9. The first-order valence-electron chi connectivity index (χ1n) is 7.49. The largest absolute Gasteiger partial charge is 0.353 e. The smallest absolute Gasteiger partial charge is 0.165 e. The first kappa shape index (κ1) is 13.8. The third-order valence-corrected chi connectivity index (χ3v) is 4.76. The molecule has 1 N–H and O–H groups in total. The summed E-state index contributed by atoms with van der Waals surface area (Å²) >= 11 is 6.09. The summed E-state index contributed by atoms with van der Waals surface area (Å²) in [6.45, 7) is 6.25. The Hall–Kier alpha value is -1.87. The minimum Gasteiger partial charge on any atom is -0.353 e. The van der Waals surface area contributed by atoms with Crippen LogP contribution in [0.4, 0.5) is 0 Å². The average molecular weight is 313 g/mol. The second kappa shape index (κ2) is 4.32. The standard InChI is InChI=1S/C18H17ClN2O/c1-9-17-15(11-5-4-10(19)6-12(11)21-17)16-13(20-9)7-18(2,3)8-14(16)22/h4-6,21H,7-8H2,1-3H3. The van der Waals surface area contributed by atoms with Gasteiger partial charge in [0.2, 0.25) is 0 Å². The molecule has 0 saturated heterocycles. The Kier molecular flexibility index (Phi) is 2.71. The number of ketones is 1. The molecule has 0 aliphatic heterocycles. The molecule has 1 aliphatic rings. The normalized spacial score (nSPS) is 17.2. The molecule has 0 amide bonds. The van der Waals surface area contributed by atoms with Crippen molar-refractivity contribution in [2.75, 3.05) is 0 Å². The van der Waals surface area contributed by atoms with Crippen LogP contribution in [0.15, 0.2) is 18.2 Å². The molecule has 0 fully saturated rings. The lowest BCUT2D eigenvalue weighted by atomic mass is 9.74. The van der Waals surface area contributed by atoms with E-state index in [1.165, 1.54) is 0 Å². The zero-order valence-electron chi connectivity index (χ0n) is 12.9. The molecule has 22 heavy (non-hydrogen) atoms. The SMILES string of the molecule is Cc1nc2c(c3c1[nH]c1cc(Cl)ccc13)C(=O)CC(C)(C)C2. The predicted molar refractivity (Wildman–Crippen MR) is 89.8 cm³/mol.